The van der Waals surface area contributed by atoms with Gasteiger partial charge < -0.3 is 10.6 Å². The van der Waals surface area contributed by atoms with Gasteiger partial charge in [-0.1, -0.05) is 50.4 Å². The number of rotatable bonds is 12. The normalized spacial score (nSPS) is 13.5. The molecule has 0 bridgehead atoms. The van der Waals surface area contributed by atoms with Crippen LogP contribution in [0.2, 0.25) is 0 Å². The maximum atomic E-state index is 12.2. The number of carbonyl (C=O) groups excluding carboxylic acids is 2. The number of aromatic nitrogens is 3. The molecule has 2 aromatic heterocycles. The van der Waals surface area contributed by atoms with Crippen molar-refractivity contribution >= 4 is 44.8 Å². The third-order valence-electron chi connectivity index (χ3n) is 4.53. The van der Waals surface area contributed by atoms with Gasteiger partial charge in [-0.2, -0.15) is 0 Å². The van der Waals surface area contributed by atoms with Crippen LogP contribution in [-0.4, -0.2) is 27.0 Å². The van der Waals surface area contributed by atoms with Crippen molar-refractivity contribution < 1.29 is 9.59 Å². The standard InChI is InChI=1S/C19H27N5O2S2/c1-2-3-4-5-6-7-8-16-23-24-19(28-16)21-15(25)11-14-12-27-18(20-14)22-17(26)13-9-10-13/h12-13H,2-11H2,1H3,(H,20,22,26)(H,21,24,25). The summed E-state index contributed by atoms with van der Waals surface area (Å²) in [6.07, 6.45) is 10.4. The zero-order valence-corrected chi connectivity index (χ0v) is 17.8. The van der Waals surface area contributed by atoms with E-state index in [9.17, 15) is 9.59 Å². The van der Waals surface area contributed by atoms with Gasteiger partial charge in [0.2, 0.25) is 16.9 Å². The fourth-order valence-electron chi connectivity index (χ4n) is 2.79. The molecule has 2 heterocycles. The van der Waals surface area contributed by atoms with Crippen LogP contribution in [0.5, 0.6) is 0 Å². The van der Waals surface area contributed by atoms with E-state index in [4.69, 9.17) is 0 Å². The summed E-state index contributed by atoms with van der Waals surface area (Å²) in [5, 5.41) is 17.7. The molecule has 2 aromatic rings. The van der Waals surface area contributed by atoms with Crippen LogP contribution in [0.3, 0.4) is 0 Å². The fourth-order valence-corrected chi connectivity index (χ4v) is 4.30. The van der Waals surface area contributed by atoms with Gasteiger partial charge in [0.15, 0.2) is 5.13 Å². The summed E-state index contributed by atoms with van der Waals surface area (Å²) in [7, 11) is 0. The van der Waals surface area contributed by atoms with Gasteiger partial charge in [0.25, 0.3) is 0 Å². The number of carbonyl (C=O) groups is 2. The summed E-state index contributed by atoms with van der Waals surface area (Å²) in [5.74, 6) is -0.0108. The van der Waals surface area contributed by atoms with Crippen molar-refractivity contribution in [3.63, 3.8) is 0 Å². The van der Waals surface area contributed by atoms with E-state index in [0.29, 0.717) is 16.0 Å². The van der Waals surface area contributed by atoms with Crippen LogP contribution >= 0.6 is 22.7 Å². The monoisotopic (exact) mass is 421 g/mol. The molecule has 0 atom stereocenters. The van der Waals surface area contributed by atoms with Crippen molar-refractivity contribution in [2.24, 2.45) is 5.92 Å². The average Bonchev–Trinajstić information content (AvgIpc) is 3.30. The van der Waals surface area contributed by atoms with E-state index in [1.165, 1.54) is 54.8 Å². The number of anilines is 2. The highest BCUT2D eigenvalue weighted by Crippen LogP contribution is 2.30. The number of unbranched alkanes of at least 4 members (excludes halogenated alkanes) is 5. The smallest absolute Gasteiger partial charge is 0.232 e. The van der Waals surface area contributed by atoms with E-state index in [-0.39, 0.29) is 24.2 Å². The summed E-state index contributed by atoms with van der Waals surface area (Å²) in [6.45, 7) is 2.22. The second-order valence-corrected chi connectivity index (χ2v) is 9.07. The Morgan fingerprint density at radius 2 is 1.86 bits per heavy atom. The van der Waals surface area contributed by atoms with Crippen LogP contribution in [0.4, 0.5) is 10.3 Å². The molecule has 1 aliphatic rings. The largest absolute Gasteiger partial charge is 0.302 e. The summed E-state index contributed by atoms with van der Waals surface area (Å²) >= 11 is 2.78. The van der Waals surface area contributed by atoms with Crippen molar-refractivity contribution in [3.8, 4) is 0 Å². The highest BCUT2D eigenvalue weighted by molar-refractivity contribution is 7.15. The van der Waals surface area contributed by atoms with Crippen molar-refractivity contribution in [2.75, 3.05) is 10.6 Å². The van der Waals surface area contributed by atoms with E-state index < -0.39 is 0 Å². The highest BCUT2D eigenvalue weighted by Gasteiger charge is 2.30. The molecule has 0 saturated heterocycles. The minimum atomic E-state index is -0.173. The molecule has 1 saturated carbocycles. The lowest BCUT2D eigenvalue weighted by atomic mass is 10.1. The molecule has 7 nitrogen and oxygen atoms in total. The van der Waals surface area contributed by atoms with Gasteiger partial charge in [0.05, 0.1) is 12.1 Å². The second-order valence-electron chi connectivity index (χ2n) is 7.15. The van der Waals surface area contributed by atoms with Crippen molar-refractivity contribution in [2.45, 2.75) is 71.1 Å². The van der Waals surface area contributed by atoms with Crippen LogP contribution in [0, 0.1) is 5.92 Å². The Labute approximate surface area is 173 Å². The minimum Gasteiger partial charge on any atom is -0.302 e. The lowest BCUT2D eigenvalue weighted by Crippen LogP contribution is -2.15. The molecule has 3 rings (SSSR count). The molecule has 2 N–H and O–H groups in total. The van der Waals surface area contributed by atoms with Crippen LogP contribution in [0.25, 0.3) is 0 Å². The van der Waals surface area contributed by atoms with E-state index >= 15 is 0 Å². The summed E-state index contributed by atoms with van der Waals surface area (Å²) in [6, 6.07) is 0. The van der Waals surface area contributed by atoms with Crippen LogP contribution in [0.15, 0.2) is 5.38 Å². The first-order valence-corrected chi connectivity index (χ1v) is 11.7. The minimum absolute atomic E-state index is 0.0251. The first-order valence-electron chi connectivity index (χ1n) is 10.0. The van der Waals surface area contributed by atoms with Gasteiger partial charge in [-0.25, -0.2) is 4.98 Å². The zero-order valence-electron chi connectivity index (χ0n) is 16.2. The van der Waals surface area contributed by atoms with Crippen LogP contribution < -0.4 is 10.6 Å². The van der Waals surface area contributed by atoms with Crippen molar-refractivity contribution in [1.82, 2.24) is 15.2 Å². The van der Waals surface area contributed by atoms with Gasteiger partial charge in [-0.15, -0.1) is 21.5 Å². The SMILES string of the molecule is CCCCCCCCc1nnc(NC(=O)Cc2csc(NC(=O)C3CC3)n2)s1. The number of amides is 2. The molecule has 9 heteroatoms. The quantitative estimate of drug-likeness (QED) is 0.494. The Bertz CT molecular complexity index is 785. The fraction of sp³-hybridized carbons (Fsp3) is 0.632. The molecule has 152 valence electrons. The Balaban J connectivity index is 1.37. The zero-order chi connectivity index (χ0) is 19.8. The Morgan fingerprint density at radius 3 is 2.64 bits per heavy atom. The Morgan fingerprint density at radius 1 is 1.07 bits per heavy atom. The van der Waals surface area contributed by atoms with Crippen LogP contribution in [0.1, 0.15) is 69.0 Å². The topological polar surface area (TPSA) is 96.9 Å². The number of thiazole rings is 1. The average molecular weight is 422 g/mol. The summed E-state index contributed by atoms with van der Waals surface area (Å²) < 4.78 is 0. The number of hydrogen-bond acceptors (Lipinski definition) is 7. The van der Waals surface area contributed by atoms with E-state index in [2.05, 4.69) is 32.7 Å². The molecular formula is C19H27N5O2S2. The molecule has 0 radical (unpaired) electrons. The number of nitrogens with one attached hydrogen (secondary N) is 2. The van der Waals surface area contributed by atoms with E-state index in [0.717, 1.165) is 30.7 Å². The van der Waals surface area contributed by atoms with E-state index in [1.54, 1.807) is 5.38 Å². The number of hydrogen-bond donors (Lipinski definition) is 2. The summed E-state index contributed by atoms with van der Waals surface area (Å²) in [4.78, 5) is 28.3. The molecule has 2 amide bonds. The predicted molar refractivity (Wildman–Crippen MR) is 113 cm³/mol. The molecular weight excluding hydrogens is 394 g/mol. The molecule has 1 aliphatic carbocycles. The van der Waals surface area contributed by atoms with E-state index in [1.807, 2.05) is 0 Å². The molecule has 28 heavy (non-hydrogen) atoms. The third-order valence-corrected chi connectivity index (χ3v) is 6.23. The molecule has 0 aromatic carbocycles. The van der Waals surface area contributed by atoms with Gasteiger partial charge in [-0.05, 0) is 19.3 Å². The predicted octanol–water partition coefficient (Wildman–Crippen LogP) is 4.43. The first-order chi connectivity index (χ1) is 13.6. The molecule has 0 aliphatic heterocycles. The Kier molecular flexibility index (Phi) is 7.90. The highest BCUT2D eigenvalue weighted by atomic mass is 32.1. The lowest BCUT2D eigenvalue weighted by Gasteiger charge is -1.99. The van der Waals surface area contributed by atoms with Gasteiger partial charge >= 0.3 is 0 Å². The maximum Gasteiger partial charge on any atom is 0.232 e. The van der Waals surface area contributed by atoms with Gasteiger partial charge in [-0.3, -0.25) is 9.59 Å². The van der Waals surface area contributed by atoms with Gasteiger partial charge in [0, 0.05) is 17.7 Å². The number of aryl methyl sites for hydroxylation is 1. The van der Waals surface area contributed by atoms with Gasteiger partial charge in [0.1, 0.15) is 5.01 Å². The lowest BCUT2D eigenvalue weighted by molar-refractivity contribution is -0.117. The van der Waals surface area contributed by atoms with Crippen LogP contribution in [-0.2, 0) is 22.4 Å². The van der Waals surface area contributed by atoms with Crippen molar-refractivity contribution in [3.05, 3.63) is 16.1 Å². The Hall–Kier alpha value is -1.87. The third kappa shape index (κ3) is 6.94. The maximum absolute atomic E-state index is 12.2. The molecule has 0 unspecified atom stereocenters. The van der Waals surface area contributed by atoms with Crippen molar-refractivity contribution in [1.29, 1.82) is 0 Å². The first kappa shape index (κ1) is 20.9. The molecule has 1 fully saturated rings. The number of nitrogens with zero attached hydrogens (tertiary/aromatic N) is 3. The second kappa shape index (κ2) is 10.6. The summed E-state index contributed by atoms with van der Waals surface area (Å²) in [5.41, 5.74) is 0.644. The molecule has 0 spiro atoms.